The Hall–Kier alpha value is -2.41. The molecule has 2 aliphatic rings. The van der Waals surface area contributed by atoms with Gasteiger partial charge in [-0.2, -0.15) is 0 Å². The monoisotopic (exact) mass is 332 g/mol. The first-order valence-corrected chi connectivity index (χ1v) is 8.16. The molecule has 2 fully saturated rings. The standard InChI is InChI=1S/C17H21N3O4/c1-24-13-4-2-3-12(9-13)20-15(21)10-14(17(20)23)19-7-5-11(6-8-19)16(18)22/h2-4,9,11,14H,5-8,10H2,1H3,(H2,18,22)/p+1. The second-order valence-corrected chi connectivity index (χ2v) is 6.36. The summed E-state index contributed by atoms with van der Waals surface area (Å²) in [5, 5.41) is 0. The lowest BCUT2D eigenvalue weighted by molar-refractivity contribution is -0.920. The molecule has 0 aliphatic carbocycles. The number of primary amides is 1. The third-order valence-corrected chi connectivity index (χ3v) is 4.98. The van der Waals surface area contributed by atoms with Crippen LogP contribution in [0.25, 0.3) is 0 Å². The van der Waals surface area contributed by atoms with E-state index in [0.29, 0.717) is 37.4 Å². The van der Waals surface area contributed by atoms with Crippen LogP contribution in [0.4, 0.5) is 5.69 Å². The third kappa shape index (κ3) is 2.99. The van der Waals surface area contributed by atoms with Crippen molar-refractivity contribution in [1.82, 2.24) is 0 Å². The molecule has 2 aliphatic heterocycles. The van der Waals surface area contributed by atoms with Gasteiger partial charge in [0.25, 0.3) is 5.91 Å². The molecule has 2 saturated heterocycles. The van der Waals surface area contributed by atoms with E-state index in [4.69, 9.17) is 10.5 Å². The number of quaternary nitrogens is 1. The van der Waals surface area contributed by atoms with Gasteiger partial charge in [-0.3, -0.25) is 14.4 Å². The molecule has 3 rings (SSSR count). The number of nitrogens with two attached hydrogens (primary N) is 1. The largest absolute Gasteiger partial charge is 0.497 e. The van der Waals surface area contributed by atoms with Gasteiger partial charge in [0.15, 0.2) is 6.04 Å². The number of carbonyl (C=O) groups is 3. The topological polar surface area (TPSA) is 94.1 Å². The zero-order valence-corrected chi connectivity index (χ0v) is 13.7. The number of carbonyl (C=O) groups excluding carboxylic acids is 3. The number of imide groups is 1. The van der Waals surface area contributed by atoms with Crippen LogP contribution >= 0.6 is 0 Å². The number of methoxy groups -OCH3 is 1. The highest BCUT2D eigenvalue weighted by Gasteiger charge is 2.46. The molecule has 1 unspecified atom stereocenters. The van der Waals surface area contributed by atoms with Crippen LogP contribution in [-0.2, 0) is 14.4 Å². The summed E-state index contributed by atoms with van der Waals surface area (Å²) in [6.07, 6.45) is 1.54. The van der Waals surface area contributed by atoms with Gasteiger partial charge in [0.1, 0.15) is 5.75 Å². The van der Waals surface area contributed by atoms with E-state index in [9.17, 15) is 14.4 Å². The molecule has 2 heterocycles. The second kappa shape index (κ2) is 6.60. The van der Waals surface area contributed by atoms with E-state index >= 15 is 0 Å². The van der Waals surface area contributed by atoms with Crippen molar-refractivity contribution < 1.29 is 24.0 Å². The van der Waals surface area contributed by atoms with E-state index in [0.717, 1.165) is 4.90 Å². The fourth-order valence-corrected chi connectivity index (χ4v) is 3.59. The first kappa shape index (κ1) is 16.4. The van der Waals surface area contributed by atoms with Gasteiger partial charge in [-0.1, -0.05) is 6.07 Å². The van der Waals surface area contributed by atoms with Crippen LogP contribution in [-0.4, -0.2) is 44.0 Å². The van der Waals surface area contributed by atoms with Gasteiger partial charge in [-0.05, 0) is 12.1 Å². The Morgan fingerprint density at radius 3 is 2.62 bits per heavy atom. The fourth-order valence-electron chi connectivity index (χ4n) is 3.59. The lowest BCUT2D eigenvalue weighted by Crippen LogP contribution is -3.17. The Balaban J connectivity index is 1.73. The van der Waals surface area contributed by atoms with E-state index in [1.807, 2.05) is 0 Å². The third-order valence-electron chi connectivity index (χ3n) is 4.98. The zero-order valence-electron chi connectivity index (χ0n) is 13.7. The van der Waals surface area contributed by atoms with E-state index in [1.54, 1.807) is 31.4 Å². The minimum atomic E-state index is -0.377. The predicted molar refractivity (Wildman–Crippen MR) is 86.5 cm³/mol. The van der Waals surface area contributed by atoms with Gasteiger partial charge in [0.05, 0.1) is 32.3 Å². The number of piperidine rings is 1. The SMILES string of the molecule is COc1cccc(N2C(=O)CC([NH+]3CCC(C(N)=O)CC3)C2=O)c1. The summed E-state index contributed by atoms with van der Waals surface area (Å²) >= 11 is 0. The average Bonchev–Trinajstić information content (AvgIpc) is 2.89. The minimum absolute atomic E-state index is 0.115. The van der Waals surface area contributed by atoms with Crippen LogP contribution in [0.1, 0.15) is 19.3 Å². The zero-order chi connectivity index (χ0) is 17.3. The normalized spacial score (nSPS) is 27.4. The van der Waals surface area contributed by atoms with Crippen molar-refractivity contribution in [2.45, 2.75) is 25.3 Å². The number of likely N-dealkylation sites (tertiary alicyclic amines) is 1. The van der Waals surface area contributed by atoms with Gasteiger partial charge in [0.2, 0.25) is 11.8 Å². The highest BCUT2D eigenvalue weighted by molar-refractivity contribution is 6.21. The molecule has 1 aromatic carbocycles. The number of nitrogens with zero attached hydrogens (tertiary/aromatic N) is 1. The summed E-state index contributed by atoms with van der Waals surface area (Å²) in [6.45, 7) is 1.37. The number of rotatable bonds is 4. The Morgan fingerprint density at radius 1 is 1.29 bits per heavy atom. The maximum absolute atomic E-state index is 12.8. The van der Waals surface area contributed by atoms with Crippen LogP contribution in [0.3, 0.4) is 0 Å². The first-order chi connectivity index (χ1) is 11.5. The molecule has 0 aromatic heterocycles. The summed E-state index contributed by atoms with van der Waals surface area (Å²) in [6, 6.07) is 6.57. The molecular formula is C17H22N3O4+. The summed E-state index contributed by atoms with van der Waals surface area (Å²) in [7, 11) is 1.54. The summed E-state index contributed by atoms with van der Waals surface area (Å²) in [5.74, 6) is -0.161. The number of benzene rings is 1. The van der Waals surface area contributed by atoms with Gasteiger partial charge in [-0.25, -0.2) is 4.90 Å². The first-order valence-electron chi connectivity index (χ1n) is 8.16. The summed E-state index contributed by atoms with van der Waals surface area (Å²) in [4.78, 5) is 38.8. The second-order valence-electron chi connectivity index (χ2n) is 6.36. The highest BCUT2D eigenvalue weighted by atomic mass is 16.5. The Morgan fingerprint density at radius 2 is 2.00 bits per heavy atom. The Labute approximate surface area is 140 Å². The lowest BCUT2D eigenvalue weighted by Gasteiger charge is -2.30. The molecule has 3 N–H and O–H groups in total. The predicted octanol–water partition coefficient (Wildman–Crippen LogP) is -0.893. The van der Waals surface area contributed by atoms with Gasteiger partial charge in [0, 0.05) is 24.8 Å². The number of anilines is 1. The fraction of sp³-hybridized carbons (Fsp3) is 0.471. The van der Waals surface area contributed by atoms with Crippen molar-refractivity contribution in [3.63, 3.8) is 0 Å². The maximum atomic E-state index is 12.8. The molecule has 0 radical (unpaired) electrons. The summed E-state index contributed by atoms with van der Waals surface area (Å²) < 4.78 is 5.16. The quantitative estimate of drug-likeness (QED) is 0.699. The molecule has 0 bridgehead atoms. The molecule has 24 heavy (non-hydrogen) atoms. The van der Waals surface area contributed by atoms with Crippen LogP contribution in [0.5, 0.6) is 5.75 Å². The number of amides is 3. The smallest absolute Gasteiger partial charge is 0.292 e. The Kier molecular flexibility index (Phi) is 4.53. The molecule has 128 valence electrons. The lowest BCUT2D eigenvalue weighted by atomic mass is 9.95. The van der Waals surface area contributed by atoms with Crippen LogP contribution in [0.15, 0.2) is 24.3 Å². The molecule has 1 atom stereocenters. The molecule has 0 spiro atoms. The van der Waals surface area contributed by atoms with E-state index < -0.39 is 0 Å². The van der Waals surface area contributed by atoms with Crippen molar-refractivity contribution in [2.75, 3.05) is 25.1 Å². The number of ether oxygens (including phenoxy) is 1. The molecule has 0 saturated carbocycles. The number of nitrogens with one attached hydrogen (secondary N) is 1. The summed E-state index contributed by atoms with van der Waals surface area (Å²) in [5.41, 5.74) is 5.89. The van der Waals surface area contributed by atoms with Gasteiger partial charge < -0.3 is 15.4 Å². The van der Waals surface area contributed by atoms with Crippen molar-refractivity contribution >= 4 is 23.4 Å². The van der Waals surface area contributed by atoms with Crippen molar-refractivity contribution in [2.24, 2.45) is 11.7 Å². The molecule has 7 heteroatoms. The Bertz CT molecular complexity index is 668. The van der Waals surface area contributed by atoms with Crippen molar-refractivity contribution in [1.29, 1.82) is 0 Å². The van der Waals surface area contributed by atoms with Gasteiger partial charge in [-0.15, -0.1) is 0 Å². The van der Waals surface area contributed by atoms with Crippen molar-refractivity contribution in [3.8, 4) is 5.75 Å². The maximum Gasteiger partial charge on any atom is 0.292 e. The molecule has 7 nitrogen and oxygen atoms in total. The molecule has 3 amide bonds. The number of hydrogen-bond donors (Lipinski definition) is 2. The molecular weight excluding hydrogens is 310 g/mol. The molecule has 1 aromatic rings. The van der Waals surface area contributed by atoms with Gasteiger partial charge >= 0.3 is 0 Å². The number of hydrogen-bond acceptors (Lipinski definition) is 4. The highest BCUT2D eigenvalue weighted by Crippen LogP contribution is 2.26. The average molecular weight is 332 g/mol. The van der Waals surface area contributed by atoms with Crippen LogP contribution < -0.4 is 20.3 Å². The minimum Gasteiger partial charge on any atom is -0.497 e. The van der Waals surface area contributed by atoms with Crippen LogP contribution in [0, 0.1) is 5.92 Å². The van der Waals surface area contributed by atoms with E-state index in [2.05, 4.69) is 0 Å². The van der Waals surface area contributed by atoms with E-state index in [1.165, 1.54) is 4.90 Å². The van der Waals surface area contributed by atoms with Crippen LogP contribution in [0.2, 0.25) is 0 Å². The van der Waals surface area contributed by atoms with Crippen molar-refractivity contribution in [3.05, 3.63) is 24.3 Å². The van der Waals surface area contributed by atoms with E-state index in [-0.39, 0.29) is 36.1 Å².